The summed E-state index contributed by atoms with van der Waals surface area (Å²) >= 11 is 6.45. The SMILES string of the molecule is CC(=O)Nc1cn(C)c(C(=O)Nc2cc(C(=O)Nc3cn(C)c(C(=O)Nc4cn(C)c(C(=O)NCCC(=O)Nc5cc(C(=O)Nc6cc(C(=O)NCCCC(=O)Cc7cc(C(=O)Cc8cn(C)c(C(=O)CCCC(=O)Cc9cc(C(=O)Cc%10cc(C(=O)Cc%11ccc%12[nH]c(C(=O)N%13CC(CCl)c%14c%13cc(O)c%13ccccc%14%13)cc%12c%11)n(C)c%10)n(C)c9)n8)n(C)c7)n(C)c6)n(C)c5)n4)n3)n(C)c2)n1. The van der Waals surface area contributed by atoms with Crippen LogP contribution >= 0.6 is 11.6 Å². The summed E-state index contributed by atoms with van der Waals surface area (Å²) < 4.78 is 15.2. The third kappa shape index (κ3) is 21.5. The second kappa shape index (κ2) is 40.0. The van der Waals surface area contributed by atoms with E-state index in [9.17, 15) is 77.0 Å². The lowest BCUT2D eigenvalue weighted by Crippen LogP contribution is -2.30. The summed E-state index contributed by atoms with van der Waals surface area (Å²) in [4.78, 5) is 222. The average Bonchev–Trinajstić information content (AvgIpc) is 1.59. The number of carbonyl (C=O) groups is 15. The molecule has 12 heterocycles. The average molecular weight is 1880 g/mol. The fourth-order valence-electron chi connectivity index (χ4n) is 17.1. The molecule has 0 saturated heterocycles. The van der Waals surface area contributed by atoms with Crippen molar-refractivity contribution in [1.29, 1.82) is 0 Å². The molecule has 0 spiro atoms. The Morgan fingerprint density at radius 3 is 1.44 bits per heavy atom. The quantitative estimate of drug-likeness (QED) is 0.00973. The van der Waals surface area contributed by atoms with Crippen molar-refractivity contribution in [3.8, 4) is 5.75 Å². The highest BCUT2D eigenvalue weighted by atomic mass is 35.5. The van der Waals surface area contributed by atoms with E-state index in [0.717, 1.165) is 21.9 Å². The molecule has 0 fully saturated rings. The lowest BCUT2D eigenvalue weighted by Gasteiger charge is -2.17. The van der Waals surface area contributed by atoms with Gasteiger partial charge in [-0.2, -0.15) is 0 Å². The highest BCUT2D eigenvalue weighted by Gasteiger charge is 2.37. The van der Waals surface area contributed by atoms with Gasteiger partial charge in [-0.3, -0.25) is 71.9 Å². The fraction of sp³-hybridized carbons (Fsp3) is 0.281. The van der Waals surface area contributed by atoms with Crippen LogP contribution in [-0.4, -0.2) is 189 Å². The number of anilines is 7. The zero-order valence-electron chi connectivity index (χ0n) is 76.8. The summed E-state index contributed by atoms with van der Waals surface area (Å²) in [5, 5.41) is 34.6. The first kappa shape index (κ1) is 94.9. The third-order valence-corrected chi connectivity index (χ3v) is 23.9. The van der Waals surface area contributed by atoms with Gasteiger partial charge in [0.05, 0.1) is 51.9 Å². The number of carbonyl (C=O) groups excluding carboxylic acids is 15. The highest BCUT2D eigenvalue weighted by molar-refractivity contribution is 6.20. The minimum absolute atomic E-state index is 0.00165. The molecule has 3 aromatic carbocycles. The van der Waals surface area contributed by atoms with Gasteiger partial charge < -0.3 is 103 Å². The minimum Gasteiger partial charge on any atom is -0.507 e. The number of aromatic nitrogens is 15. The van der Waals surface area contributed by atoms with Gasteiger partial charge >= 0.3 is 0 Å². The molecule has 1 unspecified atom stereocenters. The number of aromatic hydroxyl groups is 1. The van der Waals surface area contributed by atoms with Gasteiger partial charge in [-0.1, -0.05) is 30.3 Å². The van der Waals surface area contributed by atoms with Crippen LogP contribution < -0.4 is 47.4 Å². The molecule has 1 aliphatic heterocycles. The van der Waals surface area contributed by atoms with E-state index >= 15 is 0 Å². The Hall–Kier alpha value is -16.7. The molecule has 15 rings (SSSR count). The number of nitrogens with zero attached hydrogens (tertiary/aromatic N) is 15. The number of ketones is 6. The van der Waals surface area contributed by atoms with E-state index in [1.807, 2.05) is 42.5 Å². The lowest BCUT2D eigenvalue weighted by molar-refractivity contribution is -0.119. The van der Waals surface area contributed by atoms with Crippen LogP contribution in [-0.2, 0) is 122 Å². The predicted octanol–water partition coefficient (Wildman–Crippen LogP) is 9.46. The molecule has 9 amide bonds. The molecule has 137 heavy (non-hydrogen) atoms. The smallest absolute Gasteiger partial charge is 0.292 e. The van der Waals surface area contributed by atoms with Gasteiger partial charge in [0.2, 0.25) is 29.3 Å². The van der Waals surface area contributed by atoms with E-state index in [0.29, 0.717) is 86.3 Å². The number of aryl methyl sites for hydroxylation is 10. The van der Waals surface area contributed by atoms with Crippen LogP contribution in [0.4, 0.5) is 40.2 Å². The van der Waals surface area contributed by atoms with E-state index in [1.165, 1.54) is 97.6 Å². The summed E-state index contributed by atoms with van der Waals surface area (Å²) in [5.74, 6) is -5.63. The van der Waals surface area contributed by atoms with Gasteiger partial charge in [-0.25, -0.2) is 19.9 Å². The van der Waals surface area contributed by atoms with Crippen molar-refractivity contribution in [3.05, 3.63) is 250 Å². The number of nitrogens with one attached hydrogen (secondary N) is 9. The normalized spacial score (nSPS) is 12.3. The molecule has 41 heteroatoms. The van der Waals surface area contributed by atoms with Crippen LogP contribution in [0.2, 0.25) is 0 Å². The maximum atomic E-state index is 14.1. The second-order valence-electron chi connectivity index (χ2n) is 34.2. The number of aromatic amines is 1. The number of benzene rings is 3. The number of phenolic OH excluding ortho intramolecular Hbond substituents is 1. The predicted molar refractivity (Wildman–Crippen MR) is 507 cm³/mol. The molecule has 0 saturated carbocycles. The van der Waals surface area contributed by atoms with Crippen molar-refractivity contribution >= 4 is 161 Å². The van der Waals surface area contributed by atoms with E-state index < -0.39 is 41.4 Å². The summed E-state index contributed by atoms with van der Waals surface area (Å²) in [6.07, 6.45) is 16.2. The number of H-pyrrole nitrogens is 1. The van der Waals surface area contributed by atoms with Crippen molar-refractivity contribution in [2.45, 2.75) is 83.5 Å². The maximum Gasteiger partial charge on any atom is 0.292 e. The van der Waals surface area contributed by atoms with Crippen LogP contribution in [0.3, 0.4) is 0 Å². The molecular formula is C96H99ClN24O16. The first-order chi connectivity index (χ1) is 65.3. The number of rotatable bonds is 39. The zero-order valence-corrected chi connectivity index (χ0v) is 77.5. The Balaban J connectivity index is 0.440. The Morgan fingerprint density at radius 2 is 0.869 bits per heavy atom. The fourth-order valence-corrected chi connectivity index (χ4v) is 17.3. The van der Waals surface area contributed by atoms with Crippen molar-refractivity contribution in [3.63, 3.8) is 0 Å². The van der Waals surface area contributed by atoms with Crippen molar-refractivity contribution < 1.29 is 77.0 Å². The Morgan fingerprint density at radius 1 is 0.401 bits per heavy atom. The molecule has 0 bridgehead atoms. The monoisotopic (exact) mass is 1880 g/mol. The van der Waals surface area contributed by atoms with Gasteiger partial charge in [0.1, 0.15) is 40.1 Å². The minimum atomic E-state index is -0.726. The van der Waals surface area contributed by atoms with Crippen LogP contribution in [0.25, 0.3) is 21.7 Å². The zero-order chi connectivity index (χ0) is 97.8. The number of phenols is 1. The third-order valence-electron chi connectivity index (χ3n) is 23.5. The maximum absolute atomic E-state index is 14.1. The largest absolute Gasteiger partial charge is 0.507 e. The first-order valence-corrected chi connectivity index (χ1v) is 44.3. The standard InChI is InChI=1S/C96H99ClN24O16/c1-52(122)100-81-49-119(10)88(106-81)94(135)104-61-37-75(116(7)47-61)92(133)109-82-50-120(11)89(108-82)95(136)110-83-51-118(9)87(107-83)93(134)99-25-23-84(130)101-59-35-74(115(6)45-59)91(132)103-60-36-73(114(5)46-60)90(131)98-24-15-17-64(124)28-55-30-71(112(3)42-55)80(129)38-62-48-117(8)86(102-62)76(125)20-14-16-63(123)27-54-29-69(111(2)41-54)79(128)33-56-31-70(113(4)43-56)78(127)32-53-21-22-67-57(26-53)34-68(105-67)96(137)121-44-58(40-97)85-66-19-13-12-18-65(66)77(126)39-72(85)121/h12-13,18-19,21-22,26,29-31,34-37,39,41-43,45-51,58,105,126H,14-17,20,23-25,27-28,32-33,38,40,44H2,1-11H3,(H,98,131)(H,99,134)(H,100,122)(H,101,130)(H,103,132)(H,104,135)(H,109,133)(H,110,136). The number of fused-ring (bicyclic) bond motifs is 4. The van der Waals surface area contributed by atoms with Crippen molar-refractivity contribution in [2.24, 2.45) is 70.5 Å². The number of alkyl halides is 1. The van der Waals surface area contributed by atoms with Crippen molar-refractivity contribution in [2.75, 3.05) is 62.3 Å². The number of hydrogen-bond acceptors (Lipinski definition) is 20. The van der Waals surface area contributed by atoms with Crippen LogP contribution in [0.1, 0.15) is 201 Å². The molecular weight excluding hydrogens is 1780 g/mol. The summed E-state index contributed by atoms with van der Waals surface area (Å²) in [7, 11) is 16.3. The molecule has 1 atom stereocenters. The number of imidazole rings is 4. The molecule has 40 nitrogen and oxygen atoms in total. The van der Waals surface area contributed by atoms with E-state index in [4.69, 9.17) is 11.6 Å². The van der Waals surface area contributed by atoms with E-state index in [2.05, 4.69) is 67.5 Å². The molecule has 14 aromatic rings. The molecule has 0 aliphatic carbocycles. The Kier molecular flexibility index (Phi) is 27.7. The Bertz CT molecular complexity index is 7280. The summed E-state index contributed by atoms with van der Waals surface area (Å²) in [5.41, 5.74) is 8.04. The van der Waals surface area contributed by atoms with Gasteiger partial charge in [-0.05, 0) is 101 Å². The molecule has 0 radical (unpaired) electrons. The number of amides is 9. The summed E-state index contributed by atoms with van der Waals surface area (Å²) in [6.45, 7) is 1.69. The van der Waals surface area contributed by atoms with E-state index in [-0.39, 0.29) is 205 Å². The number of halogens is 1. The number of hydrogen-bond donors (Lipinski definition) is 10. The molecule has 1 aliphatic rings. The van der Waals surface area contributed by atoms with Gasteiger partial charge in [0.15, 0.2) is 46.4 Å². The number of Topliss-reactive ketones (excluding diaryl/α,β-unsaturated/α-hetero) is 6. The van der Waals surface area contributed by atoms with Gasteiger partial charge in [0, 0.05) is 245 Å². The summed E-state index contributed by atoms with van der Waals surface area (Å²) in [6, 6.07) is 25.8. The topological polar surface area (TPSA) is 492 Å². The van der Waals surface area contributed by atoms with Gasteiger partial charge in [0.25, 0.3) is 41.4 Å². The molecule has 10 N–H and O–H groups in total. The molecule has 11 aromatic heterocycles. The highest BCUT2D eigenvalue weighted by Crippen LogP contribution is 2.46. The lowest BCUT2D eigenvalue weighted by atomic mass is 9.95. The van der Waals surface area contributed by atoms with Crippen molar-refractivity contribution in [1.82, 2.24) is 81.2 Å². The van der Waals surface area contributed by atoms with Crippen LogP contribution in [0.5, 0.6) is 5.75 Å². The Labute approximate surface area is 787 Å². The molecule has 706 valence electrons. The van der Waals surface area contributed by atoms with Crippen LogP contribution in [0, 0.1) is 0 Å². The first-order valence-electron chi connectivity index (χ1n) is 43.7. The van der Waals surface area contributed by atoms with Crippen LogP contribution in [0.15, 0.2) is 153 Å². The second-order valence-corrected chi connectivity index (χ2v) is 34.5. The van der Waals surface area contributed by atoms with Gasteiger partial charge in [-0.15, -0.1) is 11.6 Å². The van der Waals surface area contributed by atoms with E-state index in [1.54, 1.807) is 141 Å².